The summed E-state index contributed by atoms with van der Waals surface area (Å²) in [5, 5.41) is 2.18. The van der Waals surface area contributed by atoms with Gasteiger partial charge in [0.05, 0.1) is 11.3 Å². The number of hydrogen-bond donors (Lipinski definition) is 0. The second kappa shape index (κ2) is 7.14. The fourth-order valence-electron chi connectivity index (χ4n) is 3.54. The molecule has 0 saturated carbocycles. The molecule has 24 heavy (non-hydrogen) atoms. The third-order valence-corrected chi connectivity index (χ3v) is 5.96. The molecule has 2 aromatic rings. The predicted octanol–water partition coefficient (Wildman–Crippen LogP) is 4.65. The number of rotatable bonds is 3. The Kier molecular flexibility index (Phi) is 5.14. The van der Waals surface area contributed by atoms with Gasteiger partial charge in [0.15, 0.2) is 0 Å². The van der Waals surface area contributed by atoms with Crippen molar-refractivity contribution in [1.82, 2.24) is 9.88 Å². The number of benzene rings is 1. The van der Waals surface area contributed by atoms with Crippen LogP contribution >= 0.6 is 11.8 Å². The molecule has 1 amide bonds. The second-order valence-electron chi connectivity index (χ2n) is 6.98. The molecule has 3 nitrogen and oxygen atoms in total. The van der Waals surface area contributed by atoms with Crippen LogP contribution in [0.15, 0.2) is 23.2 Å². The number of fused-ring (bicyclic) bond motifs is 1. The number of carbonyl (C=O) groups excluding carboxylic acids is 1. The Morgan fingerprint density at radius 1 is 1.21 bits per heavy atom. The molecular formula is C20H26N2OS. The Labute approximate surface area is 148 Å². The van der Waals surface area contributed by atoms with E-state index < -0.39 is 0 Å². The maximum absolute atomic E-state index is 12.5. The van der Waals surface area contributed by atoms with E-state index in [4.69, 9.17) is 4.98 Å². The van der Waals surface area contributed by atoms with E-state index in [2.05, 4.69) is 45.9 Å². The van der Waals surface area contributed by atoms with Crippen LogP contribution in [0.3, 0.4) is 0 Å². The Balaban J connectivity index is 1.77. The molecule has 1 atom stereocenters. The third-order valence-electron chi connectivity index (χ3n) is 4.89. The molecule has 2 heterocycles. The van der Waals surface area contributed by atoms with Crippen LogP contribution in [0.1, 0.15) is 42.9 Å². The van der Waals surface area contributed by atoms with Crippen LogP contribution in [-0.2, 0) is 4.79 Å². The van der Waals surface area contributed by atoms with Crippen molar-refractivity contribution in [3.05, 3.63) is 34.9 Å². The lowest BCUT2D eigenvalue weighted by atomic mass is 10.0. The van der Waals surface area contributed by atoms with Crippen molar-refractivity contribution in [3.8, 4) is 0 Å². The SMILES string of the molecule is Cc1cc(C)c2cc(C)c(SCC(=O)N3CCCC[C@@H]3C)nc2c1. The zero-order chi connectivity index (χ0) is 17.3. The van der Waals surface area contributed by atoms with Crippen molar-refractivity contribution in [1.29, 1.82) is 0 Å². The molecule has 1 aromatic carbocycles. The first kappa shape index (κ1) is 17.3. The molecule has 1 aromatic heterocycles. The predicted molar refractivity (Wildman–Crippen MR) is 102 cm³/mol. The Morgan fingerprint density at radius 2 is 2.00 bits per heavy atom. The number of carbonyl (C=O) groups is 1. The smallest absolute Gasteiger partial charge is 0.233 e. The van der Waals surface area contributed by atoms with E-state index in [1.807, 2.05) is 4.90 Å². The molecule has 1 aliphatic heterocycles. The van der Waals surface area contributed by atoms with E-state index in [-0.39, 0.29) is 5.91 Å². The van der Waals surface area contributed by atoms with Crippen molar-refractivity contribution < 1.29 is 4.79 Å². The number of likely N-dealkylation sites (tertiary alicyclic amines) is 1. The van der Waals surface area contributed by atoms with Crippen LogP contribution in [0.5, 0.6) is 0 Å². The monoisotopic (exact) mass is 342 g/mol. The molecule has 0 N–H and O–H groups in total. The van der Waals surface area contributed by atoms with Gasteiger partial charge < -0.3 is 4.90 Å². The summed E-state index contributed by atoms with van der Waals surface area (Å²) in [5.41, 5.74) is 4.67. The van der Waals surface area contributed by atoms with Gasteiger partial charge in [-0.2, -0.15) is 0 Å². The quantitative estimate of drug-likeness (QED) is 0.761. The molecule has 3 rings (SSSR count). The Bertz CT molecular complexity index is 772. The number of nitrogens with zero attached hydrogens (tertiary/aromatic N) is 2. The van der Waals surface area contributed by atoms with Crippen molar-refractivity contribution in [2.45, 2.75) is 58.0 Å². The maximum atomic E-state index is 12.5. The number of aryl methyl sites for hydroxylation is 3. The van der Waals surface area contributed by atoms with E-state index in [0.29, 0.717) is 11.8 Å². The highest BCUT2D eigenvalue weighted by molar-refractivity contribution is 7.99. The first-order chi connectivity index (χ1) is 11.5. The fraction of sp³-hybridized carbons (Fsp3) is 0.500. The number of amides is 1. The van der Waals surface area contributed by atoms with Crippen LogP contribution in [0.4, 0.5) is 0 Å². The Morgan fingerprint density at radius 3 is 2.75 bits per heavy atom. The van der Waals surface area contributed by atoms with Crippen LogP contribution in [0.2, 0.25) is 0 Å². The fourth-order valence-corrected chi connectivity index (χ4v) is 4.42. The lowest BCUT2D eigenvalue weighted by molar-refractivity contribution is -0.131. The number of pyridine rings is 1. The van der Waals surface area contributed by atoms with Crippen molar-refractivity contribution in [2.24, 2.45) is 0 Å². The van der Waals surface area contributed by atoms with E-state index in [1.165, 1.54) is 22.9 Å². The van der Waals surface area contributed by atoms with Gasteiger partial charge >= 0.3 is 0 Å². The summed E-state index contributed by atoms with van der Waals surface area (Å²) in [4.78, 5) is 19.4. The van der Waals surface area contributed by atoms with Gasteiger partial charge in [-0.15, -0.1) is 0 Å². The minimum atomic E-state index is 0.244. The zero-order valence-corrected chi connectivity index (χ0v) is 15.9. The number of piperidine rings is 1. The highest BCUT2D eigenvalue weighted by Crippen LogP contribution is 2.28. The van der Waals surface area contributed by atoms with Crippen LogP contribution in [0, 0.1) is 20.8 Å². The number of hydrogen-bond acceptors (Lipinski definition) is 3. The van der Waals surface area contributed by atoms with Gasteiger partial charge in [-0.25, -0.2) is 4.98 Å². The molecule has 0 aliphatic carbocycles. The Hall–Kier alpha value is -1.55. The summed E-state index contributed by atoms with van der Waals surface area (Å²) in [5.74, 6) is 0.725. The average Bonchev–Trinajstić information content (AvgIpc) is 2.54. The van der Waals surface area contributed by atoms with Crippen molar-refractivity contribution in [2.75, 3.05) is 12.3 Å². The van der Waals surface area contributed by atoms with E-state index in [9.17, 15) is 4.79 Å². The van der Waals surface area contributed by atoms with Gasteiger partial charge in [0.1, 0.15) is 5.03 Å². The molecule has 4 heteroatoms. The summed E-state index contributed by atoms with van der Waals surface area (Å²) in [6.45, 7) is 9.38. The third kappa shape index (κ3) is 3.59. The zero-order valence-electron chi connectivity index (χ0n) is 15.1. The first-order valence-corrected chi connectivity index (χ1v) is 9.75. The minimum absolute atomic E-state index is 0.244. The molecule has 0 spiro atoms. The van der Waals surface area contributed by atoms with Gasteiger partial charge in [-0.1, -0.05) is 17.8 Å². The summed E-state index contributed by atoms with van der Waals surface area (Å²) in [6, 6.07) is 6.90. The van der Waals surface area contributed by atoms with Crippen molar-refractivity contribution >= 4 is 28.6 Å². The topological polar surface area (TPSA) is 33.2 Å². The molecule has 128 valence electrons. The first-order valence-electron chi connectivity index (χ1n) is 8.76. The molecular weight excluding hydrogens is 316 g/mol. The molecule has 0 radical (unpaired) electrons. The van der Waals surface area contributed by atoms with Crippen LogP contribution < -0.4 is 0 Å². The van der Waals surface area contributed by atoms with Gasteiger partial charge in [0.2, 0.25) is 5.91 Å². The number of thioether (sulfide) groups is 1. The van der Waals surface area contributed by atoms with Crippen LogP contribution in [-0.4, -0.2) is 34.1 Å². The van der Waals surface area contributed by atoms with E-state index in [1.54, 1.807) is 11.8 Å². The molecule has 1 fully saturated rings. The lowest BCUT2D eigenvalue weighted by Crippen LogP contribution is -2.42. The molecule has 0 unspecified atom stereocenters. The second-order valence-corrected chi connectivity index (χ2v) is 7.94. The average molecular weight is 343 g/mol. The molecule has 1 aliphatic rings. The van der Waals surface area contributed by atoms with Crippen LogP contribution in [0.25, 0.3) is 10.9 Å². The summed E-state index contributed by atoms with van der Waals surface area (Å²) in [7, 11) is 0. The van der Waals surface area contributed by atoms with E-state index in [0.717, 1.165) is 35.5 Å². The highest BCUT2D eigenvalue weighted by atomic mass is 32.2. The minimum Gasteiger partial charge on any atom is -0.339 e. The van der Waals surface area contributed by atoms with Crippen molar-refractivity contribution in [3.63, 3.8) is 0 Å². The van der Waals surface area contributed by atoms with Gasteiger partial charge in [0.25, 0.3) is 0 Å². The maximum Gasteiger partial charge on any atom is 0.233 e. The van der Waals surface area contributed by atoms with Gasteiger partial charge in [-0.05, 0) is 75.8 Å². The molecule has 1 saturated heterocycles. The summed E-state index contributed by atoms with van der Waals surface area (Å²) >= 11 is 1.58. The molecule has 0 bridgehead atoms. The number of aromatic nitrogens is 1. The van der Waals surface area contributed by atoms with Gasteiger partial charge in [0, 0.05) is 18.0 Å². The normalized spacial score (nSPS) is 18.2. The summed E-state index contributed by atoms with van der Waals surface area (Å²) in [6.07, 6.45) is 3.50. The van der Waals surface area contributed by atoms with E-state index >= 15 is 0 Å². The summed E-state index contributed by atoms with van der Waals surface area (Å²) < 4.78 is 0. The van der Waals surface area contributed by atoms with Gasteiger partial charge in [-0.3, -0.25) is 4.79 Å². The lowest BCUT2D eigenvalue weighted by Gasteiger charge is -2.33. The largest absolute Gasteiger partial charge is 0.339 e. The highest BCUT2D eigenvalue weighted by Gasteiger charge is 2.23. The standard InChI is InChI=1S/C20H26N2OS/c1-13-9-14(2)17-11-15(3)20(21-18(17)10-13)24-12-19(23)22-8-6-5-7-16(22)4/h9-11,16H,5-8,12H2,1-4H3/t16-/m0/s1.